The summed E-state index contributed by atoms with van der Waals surface area (Å²) in [6.45, 7) is 5.32. The van der Waals surface area contributed by atoms with E-state index in [2.05, 4.69) is 10.2 Å². The Kier molecular flexibility index (Phi) is 4.31. The minimum absolute atomic E-state index is 0.209. The molecule has 1 heterocycles. The van der Waals surface area contributed by atoms with Gasteiger partial charge in [0.2, 0.25) is 0 Å². The van der Waals surface area contributed by atoms with Gasteiger partial charge in [0, 0.05) is 26.2 Å². The van der Waals surface area contributed by atoms with E-state index in [4.69, 9.17) is 5.11 Å². The van der Waals surface area contributed by atoms with Gasteiger partial charge in [-0.2, -0.15) is 0 Å². The topological polar surface area (TPSA) is 55.7 Å². The maximum Gasteiger partial charge on any atom is 0.0909 e. The first-order chi connectivity index (χ1) is 6.56. The summed E-state index contributed by atoms with van der Waals surface area (Å²) < 4.78 is 0. The van der Waals surface area contributed by atoms with Gasteiger partial charge in [0.05, 0.1) is 5.60 Å². The first-order valence-corrected chi connectivity index (χ1v) is 5.28. The summed E-state index contributed by atoms with van der Waals surface area (Å²) in [7, 11) is 1.99. The van der Waals surface area contributed by atoms with Crippen LogP contribution in [0.25, 0.3) is 0 Å². The molecular formula is C10H22N2O2. The molecule has 0 aromatic rings. The average molecular weight is 202 g/mol. The zero-order valence-electron chi connectivity index (χ0n) is 9.16. The number of nitrogens with zero attached hydrogens (tertiary/aromatic N) is 1. The third-order valence-electron chi connectivity index (χ3n) is 2.72. The maximum atomic E-state index is 10.1. The highest BCUT2D eigenvalue weighted by atomic mass is 16.3. The van der Waals surface area contributed by atoms with E-state index in [1.807, 2.05) is 14.0 Å². The molecule has 0 bridgehead atoms. The van der Waals surface area contributed by atoms with E-state index in [0.717, 1.165) is 19.5 Å². The molecule has 1 aliphatic heterocycles. The second kappa shape index (κ2) is 5.07. The van der Waals surface area contributed by atoms with E-state index in [9.17, 15) is 5.11 Å². The van der Waals surface area contributed by atoms with Crippen molar-refractivity contribution in [2.45, 2.75) is 18.9 Å². The van der Waals surface area contributed by atoms with Gasteiger partial charge < -0.3 is 20.4 Å². The van der Waals surface area contributed by atoms with Crippen molar-refractivity contribution < 1.29 is 10.2 Å². The molecule has 0 spiro atoms. The van der Waals surface area contributed by atoms with Crippen molar-refractivity contribution in [3.05, 3.63) is 0 Å². The Morgan fingerprint density at radius 1 is 1.57 bits per heavy atom. The van der Waals surface area contributed by atoms with Gasteiger partial charge in [-0.05, 0) is 25.9 Å². The molecule has 0 aliphatic carbocycles. The van der Waals surface area contributed by atoms with E-state index in [1.165, 1.54) is 0 Å². The number of aliphatic hydroxyl groups is 2. The van der Waals surface area contributed by atoms with Gasteiger partial charge >= 0.3 is 0 Å². The third-order valence-corrected chi connectivity index (χ3v) is 2.72. The normalized spacial score (nSPS) is 29.8. The second-order valence-electron chi connectivity index (χ2n) is 4.64. The summed E-state index contributed by atoms with van der Waals surface area (Å²) in [5, 5.41) is 22.1. The van der Waals surface area contributed by atoms with Crippen molar-refractivity contribution in [2.75, 3.05) is 39.8 Å². The molecular weight excluding hydrogens is 180 g/mol. The van der Waals surface area contributed by atoms with Gasteiger partial charge in [-0.3, -0.25) is 0 Å². The number of hydrogen-bond acceptors (Lipinski definition) is 4. The zero-order chi connectivity index (χ0) is 10.6. The van der Waals surface area contributed by atoms with Crippen LogP contribution in [0.3, 0.4) is 0 Å². The van der Waals surface area contributed by atoms with E-state index in [-0.39, 0.29) is 12.5 Å². The van der Waals surface area contributed by atoms with Crippen LogP contribution in [0.1, 0.15) is 13.3 Å². The Morgan fingerprint density at radius 3 is 2.79 bits per heavy atom. The van der Waals surface area contributed by atoms with Crippen molar-refractivity contribution in [2.24, 2.45) is 5.92 Å². The Bertz CT molecular complexity index is 170. The lowest BCUT2D eigenvalue weighted by Gasteiger charge is -2.29. The summed E-state index contributed by atoms with van der Waals surface area (Å²) in [5.41, 5.74) is -0.566. The molecule has 1 fully saturated rings. The molecule has 1 saturated heterocycles. The Labute approximate surface area is 85.9 Å². The van der Waals surface area contributed by atoms with E-state index in [0.29, 0.717) is 13.1 Å². The fourth-order valence-electron chi connectivity index (χ4n) is 2.02. The summed E-state index contributed by atoms with van der Waals surface area (Å²) in [6.07, 6.45) is 0.824. The first-order valence-electron chi connectivity index (χ1n) is 5.28. The van der Waals surface area contributed by atoms with Crippen LogP contribution in [-0.4, -0.2) is 60.5 Å². The number of aliphatic hydroxyl groups excluding tert-OH is 1. The monoisotopic (exact) mass is 202 g/mol. The molecule has 84 valence electrons. The highest BCUT2D eigenvalue weighted by Gasteiger charge is 2.32. The van der Waals surface area contributed by atoms with E-state index >= 15 is 0 Å². The molecule has 1 aliphatic rings. The molecule has 0 aromatic heterocycles. The minimum atomic E-state index is -0.566. The van der Waals surface area contributed by atoms with Gasteiger partial charge in [0.15, 0.2) is 0 Å². The fraction of sp³-hybridized carbons (Fsp3) is 1.00. The van der Waals surface area contributed by atoms with Crippen LogP contribution in [0.2, 0.25) is 0 Å². The predicted octanol–water partition coefficient (Wildman–Crippen LogP) is -0.729. The summed E-state index contributed by atoms with van der Waals surface area (Å²) in [4.78, 5) is 2.09. The molecule has 0 radical (unpaired) electrons. The number of likely N-dealkylation sites (N-methyl/N-ethyl adjacent to an activating group) is 1. The van der Waals surface area contributed by atoms with Crippen molar-refractivity contribution in [3.8, 4) is 0 Å². The SMILES string of the molecule is CC(CO)CN(C)CC1(O)CCNC1. The smallest absolute Gasteiger partial charge is 0.0909 e. The van der Waals surface area contributed by atoms with Crippen LogP contribution in [0.15, 0.2) is 0 Å². The zero-order valence-corrected chi connectivity index (χ0v) is 9.16. The summed E-state index contributed by atoms with van der Waals surface area (Å²) in [5.74, 6) is 0.276. The standard InChI is InChI=1S/C10H22N2O2/c1-9(6-13)5-12(2)8-10(14)3-4-11-7-10/h9,11,13-14H,3-8H2,1-2H3. The summed E-state index contributed by atoms with van der Waals surface area (Å²) >= 11 is 0. The van der Waals surface area contributed by atoms with Crippen molar-refractivity contribution >= 4 is 0 Å². The van der Waals surface area contributed by atoms with Crippen molar-refractivity contribution in [3.63, 3.8) is 0 Å². The highest BCUT2D eigenvalue weighted by Crippen LogP contribution is 2.15. The number of nitrogens with one attached hydrogen (secondary N) is 1. The van der Waals surface area contributed by atoms with Crippen LogP contribution >= 0.6 is 0 Å². The Balaban J connectivity index is 2.28. The first kappa shape index (κ1) is 11.9. The van der Waals surface area contributed by atoms with Crippen LogP contribution in [0.4, 0.5) is 0 Å². The maximum absolute atomic E-state index is 10.1. The second-order valence-corrected chi connectivity index (χ2v) is 4.64. The van der Waals surface area contributed by atoms with Gasteiger partial charge in [-0.25, -0.2) is 0 Å². The van der Waals surface area contributed by atoms with E-state index < -0.39 is 5.60 Å². The van der Waals surface area contributed by atoms with Crippen LogP contribution in [0.5, 0.6) is 0 Å². The number of β-amino-alcohol motifs (C(OH)–C–C–N with tert-alkyl or cyclic N) is 1. The Morgan fingerprint density at radius 2 is 2.29 bits per heavy atom. The number of hydrogen-bond donors (Lipinski definition) is 3. The highest BCUT2D eigenvalue weighted by molar-refractivity contribution is 4.90. The van der Waals surface area contributed by atoms with Gasteiger partial charge in [-0.15, -0.1) is 0 Å². The molecule has 14 heavy (non-hydrogen) atoms. The molecule has 4 nitrogen and oxygen atoms in total. The van der Waals surface area contributed by atoms with Gasteiger partial charge in [0.1, 0.15) is 0 Å². The molecule has 4 heteroatoms. The van der Waals surface area contributed by atoms with Crippen LogP contribution < -0.4 is 5.32 Å². The van der Waals surface area contributed by atoms with Crippen LogP contribution in [0, 0.1) is 5.92 Å². The molecule has 3 N–H and O–H groups in total. The molecule has 0 saturated carbocycles. The molecule has 0 amide bonds. The molecule has 2 atom stereocenters. The largest absolute Gasteiger partial charge is 0.396 e. The van der Waals surface area contributed by atoms with Crippen molar-refractivity contribution in [1.82, 2.24) is 10.2 Å². The minimum Gasteiger partial charge on any atom is -0.396 e. The predicted molar refractivity (Wildman–Crippen MR) is 56.2 cm³/mol. The molecule has 2 unspecified atom stereocenters. The van der Waals surface area contributed by atoms with Crippen LogP contribution in [-0.2, 0) is 0 Å². The molecule has 0 aromatic carbocycles. The lowest BCUT2D eigenvalue weighted by atomic mass is 10.0. The lowest BCUT2D eigenvalue weighted by molar-refractivity contribution is 0.0227. The Hall–Kier alpha value is -0.160. The fourth-order valence-corrected chi connectivity index (χ4v) is 2.02. The average Bonchev–Trinajstić information content (AvgIpc) is 2.51. The van der Waals surface area contributed by atoms with Crippen molar-refractivity contribution in [1.29, 1.82) is 0 Å². The summed E-state index contributed by atoms with van der Waals surface area (Å²) in [6, 6.07) is 0. The van der Waals surface area contributed by atoms with E-state index in [1.54, 1.807) is 0 Å². The third kappa shape index (κ3) is 3.53. The quantitative estimate of drug-likeness (QED) is 0.550. The lowest BCUT2D eigenvalue weighted by Crippen LogP contribution is -2.44. The molecule has 1 rings (SSSR count). The van der Waals surface area contributed by atoms with Gasteiger partial charge in [0.25, 0.3) is 0 Å². The number of rotatable bonds is 5. The van der Waals surface area contributed by atoms with Gasteiger partial charge in [-0.1, -0.05) is 6.92 Å².